The molecule has 1 heterocycles. The lowest BCUT2D eigenvalue weighted by atomic mass is 9.82. The largest absolute Gasteiger partial charge is 0.390 e. The van der Waals surface area contributed by atoms with E-state index in [0.717, 1.165) is 0 Å². The van der Waals surface area contributed by atoms with Crippen LogP contribution in [0, 0.1) is 5.41 Å². The third-order valence-corrected chi connectivity index (χ3v) is 3.63. The summed E-state index contributed by atoms with van der Waals surface area (Å²) in [5.74, 6) is -1.47. The molecule has 1 aliphatic heterocycles. The Morgan fingerprint density at radius 2 is 1.74 bits per heavy atom. The highest BCUT2D eigenvalue weighted by atomic mass is 19.4. The number of urea groups is 1. The van der Waals surface area contributed by atoms with Gasteiger partial charge in [-0.15, -0.1) is 0 Å². The Balaban J connectivity index is 2.17. The first-order valence-electron chi connectivity index (χ1n) is 6.00. The molecule has 19 heavy (non-hydrogen) atoms. The van der Waals surface area contributed by atoms with Crippen molar-refractivity contribution in [3.05, 3.63) is 0 Å². The van der Waals surface area contributed by atoms with E-state index in [4.69, 9.17) is 0 Å². The molecule has 0 aromatic heterocycles. The quantitative estimate of drug-likeness (QED) is 0.780. The maximum atomic E-state index is 12.2. The molecule has 1 aliphatic carbocycles. The summed E-state index contributed by atoms with van der Waals surface area (Å²) in [6.07, 6.45) is -3.84. The highest BCUT2D eigenvalue weighted by molar-refractivity contribution is 6.19. The van der Waals surface area contributed by atoms with Crippen molar-refractivity contribution in [1.29, 1.82) is 0 Å². The summed E-state index contributed by atoms with van der Waals surface area (Å²) >= 11 is 0. The SMILES string of the molecule is O=C1NC(=O)C2(CCCC2)C(=O)N1CCC(F)(F)F. The Kier molecular flexibility index (Phi) is 3.27. The van der Waals surface area contributed by atoms with Crippen molar-refractivity contribution < 1.29 is 27.6 Å². The Morgan fingerprint density at radius 1 is 1.16 bits per heavy atom. The second kappa shape index (κ2) is 4.50. The molecule has 106 valence electrons. The van der Waals surface area contributed by atoms with Crippen LogP contribution >= 0.6 is 0 Å². The van der Waals surface area contributed by atoms with Crippen LogP contribution < -0.4 is 5.32 Å². The summed E-state index contributed by atoms with van der Waals surface area (Å²) in [7, 11) is 0. The van der Waals surface area contributed by atoms with Gasteiger partial charge in [0.2, 0.25) is 11.8 Å². The van der Waals surface area contributed by atoms with Crippen LogP contribution in [0.2, 0.25) is 0 Å². The van der Waals surface area contributed by atoms with Gasteiger partial charge in [-0.3, -0.25) is 19.8 Å². The number of hydrogen-bond acceptors (Lipinski definition) is 3. The first kappa shape index (κ1) is 13.8. The van der Waals surface area contributed by atoms with Crippen molar-refractivity contribution in [2.45, 2.75) is 38.3 Å². The summed E-state index contributed by atoms with van der Waals surface area (Å²) in [6.45, 7) is -0.747. The summed E-state index contributed by atoms with van der Waals surface area (Å²) in [5.41, 5.74) is -1.33. The van der Waals surface area contributed by atoms with Crippen LogP contribution in [0.4, 0.5) is 18.0 Å². The monoisotopic (exact) mass is 278 g/mol. The number of barbiturate groups is 1. The van der Waals surface area contributed by atoms with Gasteiger partial charge in [0, 0.05) is 6.54 Å². The average molecular weight is 278 g/mol. The third-order valence-electron chi connectivity index (χ3n) is 3.63. The van der Waals surface area contributed by atoms with Gasteiger partial charge in [0.05, 0.1) is 6.42 Å². The van der Waals surface area contributed by atoms with Crippen molar-refractivity contribution in [3.8, 4) is 0 Å². The van der Waals surface area contributed by atoms with Gasteiger partial charge < -0.3 is 0 Å². The van der Waals surface area contributed by atoms with Gasteiger partial charge >= 0.3 is 12.2 Å². The molecule has 0 radical (unpaired) electrons. The van der Waals surface area contributed by atoms with E-state index in [9.17, 15) is 27.6 Å². The standard InChI is InChI=1S/C11H13F3N2O3/c12-11(13,14)5-6-16-8(18)10(3-1-2-4-10)7(17)15-9(16)19/h1-6H2,(H,15,17,19). The molecule has 1 spiro atoms. The molecule has 2 rings (SSSR count). The predicted molar refractivity (Wildman–Crippen MR) is 56.8 cm³/mol. The molecule has 5 nitrogen and oxygen atoms in total. The van der Waals surface area contributed by atoms with Gasteiger partial charge in [-0.25, -0.2) is 4.79 Å². The lowest BCUT2D eigenvalue weighted by Crippen LogP contribution is -2.63. The molecule has 0 atom stereocenters. The van der Waals surface area contributed by atoms with Gasteiger partial charge in [0.15, 0.2) is 0 Å². The Morgan fingerprint density at radius 3 is 2.26 bits per heavy atom. The number of carbonyl (C=O) groups excluding carboxylic acids is 3. The number of nitrogens with one attached hydrogen (secondary N) is 1. The van der Waals surface area contributed by atoms with Crippen LogP contribution in [-0.4, -0.2) is 35.5 Å². The van der Waals surface area contributed by atoms with Gasteiger partial charge in [-0.05, 0) is 12.8 Å². The molecular formula is C11H13F3N2O3. The number of halogens is 3. The number of nitrogens with zero attached hydrogens (tertiary/aromatic N) is 1. The third kappa shape index (κ3) is 2.43. The first-order chi connectivity index (χ1) is 8.76. The van der Waals surface area contributed by atoms with Crippen LogP contribution in [0.3, 0.4) is 0 Å². The molecule has 1 N–H and O–H groups in total. The molecule has 1 saturated heterocycles. The van der Waals surface area contributed by atoms with Crippen molar-refractivity contribution >= 4 is 17.8 Å². The number of alkyl halides is 3. The second-order valence-corrected chi connectivity index (χ2v) is 4.87. The molecule has 0 bridgehead atoms. The molecule has 8 heteroatoms. The minimum Gasteiger partial charge on any atom is -0.277 e. The predicted octanol–water partition coefficient (Wildman–Crippen LogP) is 1.58. The smallest absolute Gasteiger partial charge is 0.277 e. The van der Waals surface area contributed by atoms with Crippen LogP contribution in [0.1, 0.15) is 32.1 Å². The van der Waals surface area contributed by atoms with E-state index >= 15 is 0 Å². The molecule has 2 fully saturated rings. The Hall–Kier alpha value is -1.60. The molecule has 0 aromatic rings. The van der Waals surface area contributed by atoms with Crippen LogP contribution in [0.25, 0.3) is 0 Å². The maximum absolute atomic E-state index is 12.2. The zero-order valence-electron chi connectivity index (χ0n) is 10.0. The number of imide groups is 2. The Labute approximate surface area is 107 Å². The molecule has 4 amide bonds. The van der Waals surface area contributed by atoms with E-state index in [1.165, 1.54) is 0 Å². The summed E-state index contributed by atoms with van der Waals surface area (Å²) in [5, 5.41) is 1.99. The lowest BCUT2D eigenvalue weighted by molar-refractivity contribution is -0.155. The number of carbonyl (C=O) groups is 3. The zero-order valence-corrected chi connectivity index (χ0v) is 10.0. The maximum Gasteiger partial charge on any atom is 0.390 e. The van der Waals surface area contributed by atoms with E-state index in [0.29, 0.717) is 17.7 Å². The van der Waals surface area contributed by atoms with Crippen LogP contribution in [0.15, 0.2) is 0 Å². The molecule has 2 aliphatic rings. The summed E-state index contributed by atoms with van der Waals surface area (Å²) in [6, 6.07) is -1.06. The minimum atomic E-state index is -4.45. The van der Waals surface area contributed by atoms with Crippen molar-refractivity contribution in [3.63, 3.8) is 0 Å². The van der Waals surface area contributed by atoms with Crippen LogP contribution in [0.5, 0.6) is 0 Å². The van der Waals surface area contributed by atoms with E-state index in [2.05, 4.69) is 0 Å². The highest BCUT2D eigenvalue weighted by Crippen LogP contribution is 2.41. The van der Waals surface area contributed by atoms with Gasteiger partial charge in [-0.1, -0.05) is 12.8 Å². The average Bonchev–Trinajstić information content (AvgIpc) is 2.75. The first-order valence-corrected chi connectivity index (χ1v) is 6.00. The van der Waals surface area contributed by atoms with Crippen molar-refractivity contribution in [1.82, 2.24) is 10.2 Å². The fourth-order valence-corrected chi connectivity index (χ4v) is 2.59. The molecular weight excluding hydrogens is 265 g/mol. The second-order valence-electron chi connectivity index (χ2n) is 4.87. The number of rotatable bonds is 2. The fraction of sp³-hybridized carbons (Fsp3) is 0.727. The topological polar surface area (TPSA) is 66.5 Å². The Bertz CT molecular complexity index is 427. The van der Waals surface area contributed by atoms with Gasteiger partial charge in [0.1, 0.15) is 5.41 Å². The molecule has 0 aromatic carbocycles. The van der Waals surface area contributed by atoms with E-state index in [1.54, 1.807) is 0 Å². The number of hydrogen-bond donors (Lipinski definition) is 1. The van der Waals surface area contributed by atoms with Crippen LogP contribution in [-0.2, 0) is 9.59 Å². The van der Waals surface area contributed by atoms with Gasteiger partial charge in [0.25, 0.3) is 0 Å². The molecule has 0 unspecified atom stereocenters. The van der Waals surface area contributed by atoms with E-state index < -0.39 is 42.4 Å². The summed E-state index contributed by atoms with van der Waals surface area (Å²) in [4.78, 5) is 35.9. The fourth-order valence-electron chi connectivity index (χ4n) is 2.59. The number of amides is 4. The summed E-state index contributed by atoms with van der Waals surface area (Å²) < 4.78 is 36.5. The minimum absolute atomic E-state index is 0.285. The van der Waals surface area contributed by atoms with E-state index in [1.807, 2.05) is 5.32 Å². The normalized spacial score (nSPS) is 23.1. The zero-order chi connectivity index (χ0) is 14.3. The van der Waals surface area contributed by atoms with Crippen molar-refractivity contribution in [2.75, 3.05) is 6.54 Å². The lowest BCUT2D eigenvalue weighted by Gasteiger charge is -2.36. The molecule has 1 saturated carbocycles. The van der Waals surface area contributed by atoms with Crippen molar-refractivity contribution in [2.24, 2.45) is 5.41 Å². The highest BCUT2D eigenvalue weighted by Gasteiger charge is 2.55. The van der Waals surface area contributed by atoms with E-state index in [-0.39, 0.29) is 12.8 Å². The van der Waals surface area contributed by atoms with Gasteiger partial charge in [-0.2, -0.15) is 13.2 Å².